The first-order valence-corrected chi connectivity index (χ1v) is 10.0. The van der Waals surface area contributed by atoms with Crippen LogP contribution in [0.4, 0.5) is 0 Å². The fourth-order valence-corrected chi connectivity index (χ4v) is 6.45. The van der Waals surface area contributed by atoms with Gasteiger partial charge in [-0.1, -0.05) is 19.9 Å². The molecular formula is C15H21NO3S2. The molecule has 0 spiro atoms. The number of likely N-dealkylation sites (tertiary alicyclic amines) is 1. The average molecular weight is 327 g/mol. The average Bonchev–Trinajstić information content (AvgIpc) is 2.96. The van der Waals surface area contributed by atoms with E-state index in [1.54, 1.807) is 11.3 Å². The molecule has 2 atom stereocenters. The van der Waals surface area contributed by atoms with E-state index in [-0.39, 0.29) is 34.8 Å². The molecule has 1 aromatic rings. The molecule has 6 heteroatoms. The Balaban J connectivity index is 1.68. The van der Waals surface area contributed by atoms with Gasteiger partial charge in [0.2, 0.25) is 5.91 Å². The Morgan fingerprint density at radius 1 is 1.48 bits per heavy atom. The Bertz CT molecular complexity index is 634. The van der Waals surface area contributed by atoms with E-state index >= 15 is 0 Å². The van der Waals surface area contributed by atoms with Crippen LogP contribution in [0.1, 0.15) is 37.6 Å². The molecule has 0 bridgehead atoms. The van der Waals surface area contributed by atoms with Crippen molar-refractivity contribution in [2.45, 2.75) is 32.7 Å². The van der Waals surface area contributed by atoms with Crippen LogP contribution in [0.15, 0.2) is 17.5 Å². The van der Waals surface area contributed by atoms with Crippen LogP contribution in [0.5, 0.6) is 0 Å². The van der Waals surface area contributed by atoms with Gasteiger partial charge in [0.25, 0.3) is 0 Å². The smallest absolute Gasteiger partial charge is 0.223 e. The quantitative estimate of drug-likeness (QED) is 0.857. The van der Waals surface area contributed by atoms with Crippen LogP contribution in [0.25, 0.3) is 0 Å². The first-order valence-electron chi connectivity index (χ1n) is 7.32. The summed E-state index contributed by atoms with van der Waals surface area (Å²) >= 11 is 1.68. The number of nitrogens with zero attached hydrogens (tertiary/aromatic N) is 1. The van der Waals surface area contributed by atoms with E-state index in [9.17, 15) is 13.2 Å². The molecule has 0 aromatic carbocycles. The van der Waals surface area contributed by atoms with Gasteiger partial charge in [0.05, 0.1) is 17.5 Å². The summed E-state index contributed by atoms with van der Waals surface area (Å²) in [6.45, 7) is 5.12. The Kier molecular flexibility index (Phi) is 3.64. The predicted molar refractivity (Wildman–Crippen MR) is 83.9 cm³/mol. The first-order chi connectivity index (χ1) is 9.78. The molecule has 0 saturated carbocycles. The molecule has 1 aromatic heterocycles. The molecule has 1 amide bonds. The van der Waals surface area contributed by atoms with Crippen LogP contribution < -0.4 is 0 Å². The molecule has 21 heavy (non-hydrogen) atoms. The molecule has 0 N–H and O–H groups in total. The topological polar surface area (TPSA) is 54.5 Å². The van der Waals surface area contributed by atoms with Crippen LogP contribution in [0, 0.1) is 11.3 Å². The SMILES string of the molecule is CC1(C)CN(C(=O)CC2CCS(=O)(=O)C2)C1c1cccs1. The molecule has 2 aliphatic rings. The minimum Gasteiger partial charge on any atom is -0.334 e. The number of hydrogen-bond donors (Lipinski definition) is 0. The number of carbonyl (C=O) groups excluding carboxylic acids is 1. The van der Waals surface area contributed by atoms with Crippen LogP contribution in [0.3, 0.4) is 0 Å². The molecular weight excluding hydrogens is 306 g/mol. The molecule has 3 rings (SSSR count). The molecule has 2 unspecified atom stereocenters. The van der Waals surface area contributed by atoms with Crippen molar-refractivity contribution in [2.24, 2.45) is 11.3 Å². The molecule has 0 aliphatic carbocycles. The number of amides is 1. The van der Waals surface area contributed by atoms with Crippen LogP contribution in [-0.4, -0.2) is 37.3 Å². The van der Waals surface area contributed by atoms with Crippen LogP contribution >= 0.6 is 11.3 Å². The fourth-order valence-electron chi connectivity index (χ4n) is 3.54. The van der Waals surface area contributed by atoms with Crippen molar-refractivity contribution < 1.29 is 13.2 Å². The van der Waals surface area contributed by atoms with Gasteiger partial charge in [-0.25, -0.2) is 8.42 Å². The molecule has 2 aliphatic heterocycles. The third-order valence-electron chi connectivity index (χ3n) is 4.55. The molecule has 4 nitrogen and oxygen atoms in total. The van der Waals surface area contributed by atoms with Crippen molar-refractivity contribution in [1.82, 2.24) is 4.90 Å². The Labute approximate surface area is 130 Å². The zero-order valence-corrected chi connectivity index (χ0v) is 14.0. The maximum Gasteiger partial charge on any atom is 0.223 e. The molecule has 3 heterocycles. The van der Waals surface area contributed by atoms with E-state index in [0.717, 1.165) is 6.54 Å². The summed E-state index contributed by atoms with van der Waals surface area (Å²) in [6.07, 6.45) is 1.01. The van der Waals surface area contributed by atoms with E-state index < -0.39 is 9.84 Å². The van der Waals surface area contributed by atoms with Crippen molar-refractivity contribution in [2.75, 3.05) is 18.1 Å². The van der Waals surface area contributed by atoms with Crippen molar-refractivity contribution in [3.05, 3.63) is 22.4 Å². The van der Waals surface area contributed by atoms with E-state index in [1.165, 1.54) is 4.88 Å². The van der Waals surface area contributed by atoms with Crippen molar-refractivity contribution in [3.8, 4) is 0 Å². The van der Waals surface area contributed by atoms with Gasteiger partial charge in [-0.3, -0.25) is 4.79 Å². The zero-order chi connectivity index (χ0) is 15.3. The summed E-state index contributed by atoms with van der Waals surface area (Å²) in [6, 6.07) is 4.24. The fraction of sp³-hybridized carbons (Fsp3) is 0.667. The van der Waals surface area contributed by atoms with E-state index in [1.807, 2.05) is 16.3 Å². The zero-order valence-electron chi connectivity index (χ0n) is 12.4. The van der Waals surface area contributed by atoms with Crippen LogP contribution in [0.2, 0.25) is 0 Å². The number of hydrogen-bond acceptors (Lipinski definition) is 4. The van der Waals surface area contributed by atoms with Gasteiger partial charge in [-0.15, -0.1) is 11.3 Å². The predicted octanol–water partition coefficient (Wildman–Crippen LogP) is 2.48. The molecule has 116 valence electrons. The highest BCUT2D eigenvalue weighted by molar-refractivity contribution is 7.91. The highest BCUT2D eigenvalue weighted by Gasteiger charge is 2.49. The van der Waals surface area contributed by atoms with Gasteiger partial charge in [0.15, 0.2) is 9.84 Å². The lowest BCUT2D eigenvalue weighted by atomic mass is 9.73. The van der Waals surface area contributed by atoms with Gasteiger partial charge >= 0.3 is 0 Å². The van der Waals surface area contributed by atoms with Crippen molar-refractivity contribution >= 4 is 27.1 Å². The second kappa shape index (κ2) is 5.09. The Hall–Kier alpha value is -0.880. The number of sulfone groups is 1. The Morgan fingerprint density at radius 3 is 2.76 bits per heavy atom. The third-order valence-corrected chi connectivity index (χ3v) is 7.31. The Morgan fingerprint density at radius 2 is 2.24 bits per heavy atom. The van der Waals surface area contributed by atoms with Crippen molar-refractivity contribution in [1.29, 1.82) is 0 Å². The lowest BCUT2D eigenvalue weighted by molar-refractivity contribution is -0.152. The summed E-state index contributed by atoms with van der Waals surface area (Å²) in [7, 11) is -2.90. The molecule has 2 fully saturated rings. The number of thiophene rings is 1. The van der Waals surface area contributed by atoms with E-state index in [4.69, 9.17) is 0 Å². The summed E-state index contributed by atoms with van der Waals surface area (Å²) in [5, 5.41) is 2.04. The van der Waals surface area contributed by atoms with Gasteiger partial charge < -0.3 is 4.90 Å². The lowest BCUT2D eigenvalue weighted by Gasteiger charge is -2.54. The summed E-state index contributed by atoms with van der Waals surface area (Å²) < 4.78 is 23.0. The number of rotatable bonds is 3. The summed E-state index contributed by atoms with van der Waals surface area (Å²) in [5.74, 6) is 0.537. The lowest BCUT2D eigenvalue weighted by Crippen LogP contribution is -2.57. The highest BCUT2D eigenvalue weighted by atomic mass is 32.2. The summed E-state index contributed by atoms with van der Waals surface area (Å²) in [5.41, 5.74) is 0.0995. The van der Waals surface area contributed by atoms with Crippen molar-refractivity contribution in [3.63, 3.8) is 0 Å². The number of carbonyl (C=O) groups is 1. The molecule has 2 saturated heterocycles. The monoisotopic (exact) mass is 327 g/mol. The first kappa shape index (κ1) is 15.0. The minimum atomic E-state index is -2.90. The maximum absolute atomic E-state index is 12.5. The van der Waals surface area contributed by atoms with Crippen LogP contribution in [-0.2, 0) is 14.6 Å². The summed E-state index contributed by atoms with van der Waals surface area (Å²) in [4.78, 5) is 15.7. The second-order valence-electron chi connectivity index (χ2n) is 6.90. The maximum atomic E-state index is 12.5. The highest BCUT2D eigenvalue weighted by Crippen LogP contribution is 2.50. The van der Waals surface area contributed by atoms with Gasteiger partial charge in [-0.05, 0) is 23.8 Å². The van der Waals surface area contributed by atoms with Gasteiger partial charge in [0, 0.05) is 23.3 Å². The van der Waals surface area contributed by atoms with Gasteiger partial charge in [-0.2, -0.15) is 0 Å². The normalized spacial score (nSPS) is 30.1. The second-order valence-corrected chi connectivity index (χ2v) is 10.1. The largest absolute Gasteiger partial charge is 0.334 e. The van der Waals surface area contributed by atoms with E-state index in [0.29, 0.717) is 12.8 Å². The minimum absolute atomic E-state index is 0.00944. The molecule has 0 radical (unpaired) electrons. The van der Waals surface area contributed by atoms with E-state index in [2.05, 4.69) is 19.9 Å². The third kappa shape index (κ3) is 2.88. The standard InChI is InChI=1S/C15H21NO3S2/c1-15(2)10-16(14(15)12-4-3-6-20-12)13(17)8-11-5-7-21(18,19)9-11/h3-4,6,11,14H,5,7-10H2,1-2H3. The van der Waals surface area contributed by atoms with Gasteiger partial charge in [0.1, 0.15) is 0 Å².